The van der Waals surface area contributed by atoms with Crippen LogP contribution < -0.4 is 11.1 Å². The molecule has 1 saturated carbocycles. The maximum absolute atomic E-state index is 13.2. The van der Waals surface area contributed by atoms with Gasteiger partial charge >= 0.3 is 12.1 Å². The van der Waals surface area contributed by atoms with Crippen LogP contribution in [0.5, 0.6) is 0 Å². The number of carboxylic acid groups (broad SMARTS) is 1. The molecule has 1 fully saturated rings. The van der Waals surface area contributed by atoms with Gasteiger partial charge in [-0.3, -0.25) is 4.79 Å². The van der Waals surface area contributed by atoms with Crippen LogP contribution in [0.3, 0.4) is 0 Å². The van der Waals surface area contributed by atoms with Gasteiger partial charge in [-0.1, -0.05) is 56.3 Å². The van der Waals surface area contributed by atoms with Gasteiger partial charge in [-0.05, 0) is 48.9 Å². The summed E-state index contributed by atoms with van der Waals surface area (Å²) in [6.45, 7) is 5.79. The topological polar surface area (TPSA) is 91.0 Å². The van der Waals surface area contributed by atoms with Gasteiger partial charge in [-0.25, -0.2) is 4.99 Å². The number of halogens is 3. The van der Waals surface area contributed by atoms with Crippen molar-refractivity contribution in [3.05, 3.63) is 88.9 Å². The van der Waals surface area contributed by atoms with Crippen molar-refractivity contribution in [3.63, 3.8) is 0 Å². The number of nitrogens with one attached hydrogen (secondary N) is 1. The molecule has 1 aliphatic carbocycles. The minimum Gasteiger partial charge on any atom is -0.481 e. The van der Waals surface area contributed by atoms with E-state index in [-0.39, 0.29) is 17.5 Å². The molecule has 4 N–H and O–H groups in total. The van der Waals surface area contributed by atoms with E-state index in [1.54, 1.807) is 19.2 Å². The van der Waals surface area contributed by atoms with E-state index >= 15 is 0 Å². The first-order valence-electron chi connectivity index (χ1n) is 12.6. The molecule has 0 amide bonds. The molecule has 2 aromatic carbocycles. The van der Waals surface area contributed by atoms with Crippen molar-refractivity contribution in [3.8, 4) is 0 Å². The number of aliphatic imine (C=N–C) groups is 1. The Morgan fingerprint density at radius 2 is 1.87 bits per heavy atom. The normalized spacial score (nSPS) is 27.7. The average Bonchev–Trinajstić information content (AvgIpc) is 3.44. The van der Waals surface area contributed by atoms with Gasteiger partial charge in [0.2, 0.25) is 0 Å². The van der Waals surface area contributed by atoms with Crippen molar-refractivity contribution in [2.45, 2.75) is 58.3 Å². The number of nitrogens with two attached hydrogens (primary N) is 1. The van der Waals surface area contributed by atoms with Gasteiger partial charge in [0.05, 0.1) is 16.7 Å². The van der Waals surface area contributed by atoms with Crippen molar-refractivity contribution < 1.29 is 23.1 Å². The lowest BCUT2D eigenvalue weighted by molar-refractivity contribution is -0.148. The molecule has 0 radical (unpaired) electrons. The number of alkyl halides is 3. The number of aliphatic carboxylic acids is 1. The van der Waals surface area contributed by atoms with Crippen LogP contribution in [0.4, 0.5) is 13.2 Å². The molecule has 0 saturated heterocycles. The number of benzene rings is 2. The maximum atomic E-state index is 13.2. The molecule has 9 heteroatoms. The summed E-state index contributed by atoms with van der Waals surface area (Å²) < 4.78 is 39.6. The van der Waals surface area contributed by atoms with Crippen LogP contribution in [0.1, 0.15) is 68.2 Å². The summed E-state index contributed by atoms with van der Waals surface area (Å²) in [4.78, 5) is 18.3. The Balaban J connectivity index is 1.44. The third-order valence-corrected chi connectivity index (χ3v) is 8.37. The fourth-order valence-corrected chi connectivity index (χ4v) is 6.09. The number of nitrogens with zero attached hydrogens (tertiary/aromatic N) is 2. The lowest BCUT2D eigenvalue weighted by Crippen LogP contribution is -2.48. The number of rotatable bonds is 5. The first kappa shape index (κ1) is 25.9. The van der Waals surface area contributed by atoms with Gasteiger partial charge in [-0.15, -0.1) is 0 Å². The van der Waals surface area contributed by atoms with Gasteiger partial charge in [-0.2, -0.15) is 13.2 Å². The number of fused-ring (bicyclic) bond motifs is 1. The summed E-state index contributed by atoms with van der Waals surface area (Å²) in [6.07, 6.45) is 0.754. The van der Waals surface area contributed by atoms with Crippen LogP contribution in [-0.4, -0.2) is 28.0 Å². The summed E-state index contributed by atoms with van der Waals surface area (Å²) in [7, 11) is 0. The molecule has 2 aliphatic heterocycles. The van der Waals surface area contributed by atoms with Gasteiger partial charge in [0.15, 0.2) is 0 Å². The fraction of sp³-hybridized carbons (Fsp3) is 0.379. The molecular weight excluding hydrogens is 493 g/mol. The molecule has 5 rings (SSSR count). The molecule has 2 aromatic rings. The van der Waals surface area contributed by atoms with E-state index in [1.807, 2.05) is 42.3 Å². The molecule has 2 heterocycles. The van der Waals surface area contributed by atoms with Crippen LogP contribution in [0.2, 0.25) is 0 Å². The van der Waals surface area contributed by atoms with E-state index in [2.05, 4.69) is 17.2 Å². The van der Waals surface area contributed by atoms with Crippen molar-refractivity contribution in [1.29, 1.82) is 0 Å². The minimum atomic E-state index is -4.39. The summed E-state index contributed by atoms with van der Waals surface area (Å²) in [5, 5.41) is 13.4. The summed E-state index contributed by atoms with van der Waals surface area (Å²) in [6, 6.07) is 13.1. The molecule has 0 bridgehead atoms. The van der Waals surface area contributed by atoms with Gasteiger partial charge in [0, 0.05) is 23.7 Å². The number of hydrogen-bond donors (Lipinski definition) is 3. The zero-order valence-electron chi connectivity index (χ0n) is 21.5. The van der Waals surface area contributed by atoms with Gasteiger partial charge < -0.3 is 21.1 Å². The second-order valence-corrected chi connectivity index (χ2v) is 11.2. The standard InChI is InChI=1S/C29H31F3N4O2/c1-17(20-5-4-6-21(15-20)29(30,31)32)18-7-9-19(10-8-18)22-23-24(33)34-13-14-36(23)25(35-22)27(2)11-12-28(3,16-27)26(37)38/h4-10,13-15,17,25,35H,11-12,16H2,1-3H3,(H2,33,34)(H,37,38)/t17-,25?,27+,28-/m0/s1. The van der Waals surface area contributed by atoms with Crippen molar-refractivity contribution in [1.82, 2.24) is 10.2 Å². The average molecular weight is 525 g/mol. The van der Waals surface area contributed by atoms with E-state index in [1.165, 1.54) is 12.1 Å². The molecule has 200 valence electrons. The van der Waals surface area contributed by atoms with Crippen LogP contribution in [0, 0.1) is 10.8 Å². The third kappa shape index (κ3) is 4.33. The highest BCUT2D eigenvalue weighted by atomic mass is 19.4. The van der Waals surface area contributed by atoms with E-state index in [4.69, 9.17) is 5.73 Å². The Hall–Kier alpha value is -3.75. The molecule has 3 aliphatic rings. The van der Waals surface area contributed by atoms with Crippen LogP contribution in [0.25, 0.3) is 5.70 Å². The van der Waals surface area contributed by atoms with Gasteiger partial charge in [0.25, 0.3) is 0 Å². The Kier molecular flexibility index (Phi) is 6.08. The van der Waals surface area contributed by atoms with Crippen LogP contribution in [0.15, 0.2) is 71.6 Å². The number of carboxylic acids is 1. The number of carbonyl (C=O) groups is 1. The van der Waals surface area contributed by atoms with E-state index in [0.717, 1.165) is 35.0 Å². The molecule has 1 unspecified atom stereocenters. The zero-order valence-corrected chi connectivity index (χ0v) is 21.5. The van der Waals surface area contributed by atoms with Crippen LogP contribution in [-0.2, 0) is 11.0 Å². The van der Waals surface area contributed by atoms with E-state index < -0.39 is 23.1 Å². The van der Waals surface area contributed by atoms with E-state index in [0.29, 0.717) is 24.2 Å². The van der Waals surface area contributed by atoms with Crippen molar-refractivity contribution in [2.24, 2.45) is 21.6 Å². The highest BCUT2D eigenvalue weighted by Gasteiger charge is 2.54. The summed E-state index contributed by atoms with van der Waals surface area (Å²) in [5.74, 6) is -0.657. The SMILES string of the molecule is C[C@@H](c1ccc(C2=C3C(N)=NC=CN3C([C@]3(C)CC[C@](C)(C(=O)O)C3)N2)cc1)c1cccc(C(F)(F)F)c1. The maximum Gasteiger partial charge on any atom is 0.416 e. The second-order valence-electron chi connectivity index (χ2n) is 11.2. The van der Waals surface area contributed by atoms with Crippen molar-refractivity contribution >= 4 is 17.5 Å². The monoisotopic (exact) mass is 524 g/mol. The molecule has 0 spiro atoms. The van der Waals surface area contributed by atoms with Gasteiger partial charge in [0.1, 0.15) is 17.7 Å². The first-order chi connectivity index (χ1) is 17.8. The first-order valence-corrected chi connectivity index (χ1v) is 12.6. The Bertz CT molecular complexity index is 1360. The lowest BCUT2D eigenvalue weighted by Gasteiger charge is -2.39. The fourth-order valence-electron chi connectivity index (χ4n) is 6.09. The summed E-state index contributed by atoms with van der Waals surface area (Å²) >= 11 is 0. The zero-order chi connectivity index (χ0) is 27.5. The molecule has 4 atom stereocenters. The largest absolute Gasteiger partial charge is 0.481 e. The van der Waals surface area contributed by atoms with Crippen LogP contribution >= 0.6 is 0 Å². The molecule has 6 nitrogen and oxygen atoms in total. The smallest absolute Gasteiger partial charge is 0.416 e. The molecule has 0 aromatic heterocycles. The molecular formula is C29H31F3N4O2. The number of amidine groups is 1. The Labute approximate surface area is 219 Å². The number of hydrogen-bond acceptors (Lipinski definition) is 5. The Morgan fingerprint density at radius 1 is 1.16 bits per heavy atom. The molecule has 38 heavy (non-hydrogen) atoms. The third-order valence-electron chi connectivity index (χ3n) is 8.37. The minimum absolute atomic E-state index is 0.206. The van der Waals surface area contributed by atoms with E-state index in [9.17, 15) is 23.1 Å². The quantitative estimate of drug-likeness (QED) is 0.455. The highest BCUT2D eigenvalue weighted by molar-refractivity contribution is 6.05. The van der Waals surface area contributed by atoms with Crippen molar-refractivity contribution in [2.75, 3.05) is 0 Å². The lowest BCUT2D eigenvalue weighted by atomic mass is 9.79. The summed E-state index contributed by atoms with van der Waals surface area (Å²) in [5.41, 5.74) is 8.41. The Morgan fingerprint density at radius 3 is 2.50 bits per heavy atom. The highest BCUT2D eigenvalue weighted by Crippen LogP contribution is 2.54. The second kappa shape index (κ2) is 8.92. The predicted molar refractivity (Wildman–Crippen MR) is 140 cm³/mol. The predicted octanol–water partition coefficient (Wildman–Crippen LogP) is 5.88.